The van der Waals surface area contributed by atoms with Crippen molar-refractivity contribution >= 4 is 17.7 Å². The third-order valence-corrected chi connectivity index (χ3v) is 12.6. The Hall–Kier alpha value is 0.567. The van der Waals surface area contributed by atoms with Crippen LogP contribution in [0.1, 0.15) is 99.3 Å². The van der Waals surface area contributed by atoms with Crippen LogP contribution in [0.15, 0.2) is 0 Å². The monoisotopic (exact) mass is 391 g/mol. The molecule has 0 rings (SSSR count). The highest BCUT2D eigenvalue weighted by Gasteiger charge is 2.53. The van der Waals surface area contributed by atoms with Crippen LogP contribution in [0.3, 0.4) is 0 Å². The van der Waals surface area contributed by atoms with Crippen LogP contribution in [0, 0.1) is 5.92 Å². The molecular weight excluding hydrogens is 341 g/mol. The van der Waals surface area contributed by atoms with E-state index in [0.29, 0.717) is 5.16 Å². The van der Waals surface area contributed by atoms with E-state index in [4.69, 9.17) is 10.5 Å². The Labute approximate surface area is 164 Å². The van der Waals surface area contributed by atoms with Crippen LogP contribution < -0.4 is 10.5 Å². The van der Waals surface area contributed by atoms with Gasteiger partial charge in [-0.15, -0.1) is 0 Å². The van der Waals surface area contributed by atoms with Crippen molar-refractivity contribution in [2.24, 2.45) is 11.7 Å². The van der Waals surface area contributed by atoms with Gasteiger partial charge in [0.25, 0.3) is 0 Å². The summed E-state index contributed by atoms with van der Waals surface area (Å²) in [5, 5.41) is 0.538. The summed E-state index contributed by atoms with van der Waals surface area (Å²) in [4.78, 5) is 8.39. The summed E-state index contributed by atoms with van der Waals surface area (Å²) >= 11 is 0. The van der Waals surface area contributed by atoms with Gasteiger partial charge in [0.05, 0.1) is 23.6 Å². The van der Waals surface area contributed by atoms with Gasteiger partial charge >= 0.3 is 0 Å². The fourth-order valence-corrected chi connectivity index (χ4v) is 10.6. The van der Waals surface area contributed by atoms with Crippen molar-refractivity contribution in [2.45, 2.75) is 104 Å². The number of nitrogens with two attached hydrogens (primary N) is 1. The Morgan fingerprint density at radius 1 is 0.840 bits per heavy atom. The zero-order chi connectivity index (χ0) is 19.8. The van der Waals surface area contributed by atoms with E-state index in [1.54, 1.807) is 0 Å². The second-order valence-electron chi connectivity index (χ2n) is 8.07. The molecular formula is C21H50NOPSi. The predicted octanol–water partition coefficient (Wildman–Crippen LogP) is 4.58. The molecule has 2 nitrogen and oxygen atoms in total. The summed E-state index contributed by atoms with van der Waals surface area (Å²) in [5.74, 6) is 0.866. The first kappa shape index (κ1) is 27.8. The zero-order valence-corrected chi connectivity index (χ0v) is 21.6. The Bertz CT molecular complexity index is 265. The minimum atomic E-state index is -0.902. The van der Waals surface area contributed by atoms with Gasteiger partial charge < -0.3 is 10.5 Å². The lowest BCUT2D eigenvalue weighted by Crippen LogP contribution is -2.38. The second-order valence-corrected chi connectivity index (χ2v) is 12.9. The molecule has 0 fully saturated rings. The average Bonchev–Trinajstić information content (AvgIpc) is 2.63. The third kappa shape index (κ3) is 9.36. The number of hydrogen-bond acceptors (Lipinski definition) is 2. The second kappa shape index (κ2) is 16.7. The molecule has 0 aromatic heterocycles. The molecule has 0 aliphatic heterocycles. The SMILES string of the molecule is CCCC[P+](CCCC)(CCCC)C(C)(C)C(CC)CCCN.[O-][SiH3]. The van der Waals surface area contributed by atoms with E-state index in [1.807, 2.05) is 0 Å². The Morgan fingerprint density at radius 3 is 1.52 bits per heavy atom. The summed E-state index contributed by atoms with van der Waals surface area (Å²) in [6, 6.07) is 0. The summed E-state index contributed by atoms with van der Waals surface area (Å²) in [6.45, 7) is 15.7. The van der Waals surface area contributed by atoms with E-state index in [-0.39, 0.29) is 10.5 Å². The average molecular weight is 392 g/mol. The summed E-state index contributed by atoms with van der Waals surface area (Å²) in [5.41, 5.74) is 5.83. The summed E-state index contributed by atoms with van der Waals surface area (Å²) in [6.07, 6.45) is 16.9. The molecule has 0 saturated heterocycles. The minimum absolute atomic E-state index is 0.0556. The van der Waals surface area contributed by atoms with E-state index >= 15 is 0 Å². The number of unbranched alkanes of at least 4 members (excludes halogenated alkanes) is 3. The van der Waals surface area contributed by atoms with Crippen molar-refractivity contribution in [2.75, 3.05) is 25.0 Å². The Kier molecular flexibility index (Phi) is 18.6. The van der Waals surface area contributed by atoms with Gasteiger partial charge in [-0.3, -0.25) is 0 Å². The molecule has 0 saturated carbocycles. The van der Waals surface area contributed by atoms with E-state index in [9.17, 15) is 0 Å². The van der Waals surface area contributed by atoms with Gasteiger partial charge in [-0.2, -0.15) is 0 Å². The van der Waals surface area contributed by atoms with Crippen LogP contribution in [-0.2, 0) is 0 Å². The van der Waals surface area contributed by atoms with Gasteiger partial charge in [-0.1, -0.05) is 57.4 Å². The molecule has 0 heterocycles. The smallest absolute Gasteiger partial charge is 0.0771 e. The van der Waals surface area contributed by atoms with Gasteiger partial charge in [0.2, 0.25) is 0 Å². The van der Waals surface area contributed by atoms with Crippen LogP contribution in [0.2, 0.25) is 0 Å². The molecule has 0 aromatic rings. The maximum Gasteiger partial charge on any atom is 0.0771 e. The number of rotatable bonds is 15. The molecule has 25 heavy (non-hydrogen) atoms. The highest BCUT2D eigenvalue weighted by Crippen LogP contribution is 2.73. The van der Waals surface area contributed by atoms with Gasteiger partial charge in [0.1, 0.15) is 0 Å². The van der Waals surface area contributed by atoms with Crippen LogP contribution in [0.5, 0.6) is 0 Å². The van der Waals surface area contributed by atoms with Gasteiger partial charge in [-0.05, 0) is 64.8 Å². The molecule has 0 aliphatic carbocycles. The van der Waals surface area contributed by atoms with Crippen molar-refractivity contribution in [3.63, 3.8) is 0 Å². The third-order valence-electron chi connectivity index (χ3n) is 6.29. The van der Waals surface area contributed by atoms with E-state index in [2.05, 4.69) is 41.5 Å². The largest absolute Gasteiger partial charge is 0.865 e. The molecule has 154 valence electrons. The lowest BCUT2D eigenvalue weighted by Gasteiger charge is -2.46. The molecule has 0 bridgehead atoms. The molecule has 2 N–H and O–H groups in total. The fourth-order valence-electron chi connectivity index (χ4n) is 4.39. The first-order valence-corrected chi connectivity index (χ1v) is 14.1. The molecule has 0 radical (unpaired) electrons. The topological polar surface area (TPSA) is 49.1 Å². The molecule has 1 atom stereocenters. The quantitative estimate of drug-likeness (QED) is 0.328. The highest BCUT2D eigenvalue weighted by molar-refractivity contribution is 7.77. The lowest BCUT2D eigenvalue weighted by molar-refractivity contribution is -0.169. The maximum atomic E-state index is 8.39. The standard InChI is InChI=1S/C21H47NP.H3OSi/c1-7-11-17-23(18-12-8-2,19-13-9-3)21(5,6)20(10-4)15-14-16-22;1-2/h20H,7-19,22H2,1-6H3;2H3/q+1;-1. The minimum Gasteiger partial charge on any atom is -0.865 e. The Balaban J connectivity index is 0. The van der Waals surface area contributed by atoms with E-state index in [1.165, 1.54) is 76.3 Å². The van der Waals surface area contributed by atoms with Crippen molar-refractivity contribution in [1.82, 2.24) is 0 Å². The molecule has 0 amide bonds. The van der Waals surface area contributed by atoms with Crippen molar-refractivity contribution < 1.29 is 4.80 Å². The van der Waals surface area contributed by atoms with Crippen LogP contribution in [0.4, 0.5) is 0 Å². The zero-order valence-electron chi connectivity index (χ0n) is 18.7. The van der Waals surface area contributed by atoms with Crippen LogP contribution in [-0.4, -0.2) is 40.7 Å². The van der Waals surface area contributed by atoms with Crippen molar-refractivity contribution in [3.8, 4) is 0 Å². The molecule has 0 aromatic carbocycles. The summed E-state index contributed by atoms with van der Waals surface area (Å²) < 4.78 is 0. The van der Waals surface area contributed by atoms with Crippen LogP contribution >= 0.6 is 7.26 Å². The van der Waals surface area contributed by atoms with Crippen LogP contribution in [0.25, 0.3) is 0 Å². The summed E-state index contributed by atoms with van der Waals surface area (Å²) in [7, 11) is -0.847. The first-order chi connectivity index (χ1) is 12.0. The molecule has 0 aliphatic rings. The molecule has 1 unspecified atom stereocenters. The predicted molar refractivity (Wildman–Crippen MR) is 122 cm³/mol. The van der Waals surface area contributed by atoms with E-state index in [0.717, 1.165) is 12.5 Å². The lowest BCUT2D eigenvalue weighted by atomic mass is 9.88. The number of hydrogen-bond donors (Lipinski definition) is 1. The highest BCUT2D eigenvalue weighted by atomic mass is 31.2. The van der Waals surface area contributed by atoms with Crippen molar-refractivity contribution in [3.05, 3.63) is 0 Å². The maximum absolute atomic E-state index is 8.39. The normalized spacial score (nSPS) is 13.4. The van der Waals surface area contributed by atoms with Gasteiger partial charge in [0.15, 0.2) is 0 Å². The molecule has 4 heteroatoms. The first-order valence-electron chi connectivity index (χ1n) is 10.9. The van der Waals surface area contributed by atoms with Gasteiger partial charge in [0, 0.05) is 7.26 Å². The fraction of sp³-hybridized carbons (Fsp3) is 1.00. The Morgan fingerprint density at radius 2 is 1.24 bits per heavy atom. The van der Waals surface area contributed by atoms with Gasteiger partial charge in [-0.25, -0.2) is 0 Å². The van der Waals surface area contributed by atoms with Crippen molar-refractivity contribution in [1.29, 1.82) is 0 Å². The molecule has 0 spiro atoms. The van der Waals surface area contributed by atoms with E-state index < -0.39 is 7.26 Å².